The molecule has 1 aromatic carbocycles. The fraction of sp³-hybridized carbons (Fsp3) is 0.400. The number of hydrogen-bond acceptors (Lipinski definition) is 5. The Morgan fingerprint density at radius 3 is 2.89 bits per heavy atom. The Morgan fingerprint density at radius 1 is 1.33 bits per heavy atom. The molecule has 2 N–H and O–H groups in total. The molecular weight excluding hydrogens is 364 g/mol. The van der Waals surface area contributed by atoms with Crippen LogP contribution in [-0.2, 0) is 6.54 Å². The normalized spacial score (nSPS) is 21.1. The Kier molecular flexibility index (Phi) is 4.58. The Morgan fingerprint density at radius 2 is 2.15 bits per heavy atom. The zero-order chi connectivity index (χ0) is 19.2. The SMILES string of the molecule is Cc1cc(Cl)nc2cc3c(cc12)OC(C)(C)[C@H](O)[C@H]3NCCn1cccn1. The van der Waals surface area contributed by atoms with Gasteiger partial charge in [-0.25, -0.2) is 4.98 Å². The lowest BCUT2D eigenvalue weighted by atomic mass is 9.85. The van der Waals surface area contributed by atoms with Gasteiger partial charge in [-0.2, -0.15) is 5.10 Å². The van der Waals surface area contributed by atoms with Crippen LogP contribution < -0.4 is 10.1 Å². The second-order valence-corrected chi connectivity index (χ2v) is 7.91. The number of aliphatic hydroxyl groups is 1. The van der Waals surface area contributed by atoms with Crippen molar-refractivity contribution in [1.82, 2.24) is 20.1 Å². The molecule has 0 bridgehead atoms. The number of nitrogens with zero attached hydrogens (tertiary/aromatic N) is 3. The van der Waals surface area contributed by atoms with E-state index in [2.05, 4.69) is 15.4 Å². The third-order valence-electron chi connectivity index (χ3n) is 5.12. The molecule has 2 aromatic heterocycles. The Bertz CT molecular complexity index is 972. The lowest BCUT2D eigenvalue weighted by molar-refractivity contribution is -0.0644. The van der Waals surface area contributed by atoms with E-state index in [0.717, 1.165) is 27.8 Å². The highest BCUT2D eigenvalue weighted by Crippen LogP contribution is 2.42. The third-order valence-corrected chi connectivity index (χ3v) is 5.31. The van der Waals surface area contributed by atoms with Crippen molar-refractivity contribution in [3.8, 4) is 5.75 Å². The summed E-state index contributed by atoms with van der Waals surface area (Å²) in [7, 11) is 0. The van der Waals surface area contributed by atoms with Crippen LogP contribution in [0.25, 0.3) is 10.9 Å². The molecule has 7 heteroatoms. The number of ether oxygens (including phenoxy) is 1. The number of aromatic nitrogens is 3. The Hall–Kier alpha value is -2.15. The van der Waals surface area contributed by atoms with Crippen molar-refractivity contribution in [2.45, 2.75) is 45.1 Å². The van der Waals surface area contributed by atoms with Crippen molar-refractivity contribution >= 4 is 22.5 Å². The molecule has 1 aliphatic rings. The van der Waals surface area contributed by atoms with E-state index in [0.29, 0.717) is 18.2 Å². The second kappa shape index (κ2) is 6.78. The van der Waals surface area contributed by atoms with E-state index in [-0.39, 0.29) is 6.04 Å². The maximum absolute atomic E-state index is 10.9. The van der Waals surface area contributed by atoms with Gasteiger partial charge in [0, 0.05) is 29.9 Å². The van der Waals surface area contributed by atoms with Crippen LogP contribution >= 0.6 is 11.6 Å². The molecule has 0 saturated heterocycles. The fourth-order valence-electron chi connectivity index (χ4n) is 3.63. The van der Waals surface area contributed by atoms with Crippen molar-refractivity contribution in [2.24, 2.45) is 0 Å². The Balaban J connectivity index is 1.71. The van der Waals surface area contributed by atoms with Crippen LogP contribution in [0, 0.1) is 6.92 Å². The number of benzene rings is 1. The van der Waals surface area contributed by atoms with Gasteiger partial charge in [0.25, 0.3) is 0 Å². The maximum Gasteiger partial charge on any atom is 0.131 e. The molecule has 1 aliphatic heterocycles. The lowest BCUT2D eigenvalue weighted by Crippen LogP contribution is -2.52. The van der Waals surface area contributed by atoms with Crippen molar-refractivity contribution < 1.29 is 9.84 Å². The summed E-state index contributed by atoms with van der Waals surface area (Å²) in [5, 5.41) is 20.1. The summed E-state index contributed by atoms with van der Waals surface area (Å²) in [4.78, 5) is 4.45. The van der Waals surface area contributed by atoms with E-state index in [1.807, 2.05) is 55.9 Å². The predicted octanol–water partition coefficient (Wildman–Crippen LogP) is 3.26. The average Bonchev–Trinajstić information content (AvgIpc) is 3.11. The van der Waals surface area contributed by atoms with Gasteiger partial charge in [-0.1, -0.05) is 11.6 Å². The summed E-state index contributed by atoms with van der Waals surface area (Å²) in [5.41, 5.74) is 2.03. The van der Waals surface area contributed by atoms with E-state index in [1.165, 1.54) is 0 Å². The summed E-state index contributed by atoms with van der Waals surface area (Å²) in [5.74, 6) is 0.765. The number of pyridine rings is 1. The van der Waals surface area contributed by atoms with Gasteiger partial charge in [0.05, 0.1) is 18.1 Å². The highest BCUT2D eigenvalue weighted by atomic mass is 35.5. The first-order valence-corrected chi connectivity index (χ1v) is 9.41. The van der Waals surface area contributed by atoms with Crippen LogP contribution in [0.2, 0.25) is 5.15 Å². The number of aryl methyl sites for hydroxylation is 1. The molecule has 0 aliphatic carbocycles. The largest absolute Gasteiger partial charge is 0.485 e. The van der Waals surface area contributed by atoms with E-state index >= 15 is 0 Å². The van der Waals surface area contributed by atoms with E-state index in [4.69, 9.17) is 16.3 Å². The van der Waals surface area contributed by atoms with Crippen molar-refractivity contribution in [3.63, 3.8) is 0 Å². The molecule has 27 heavy (non-hydrogen) atoms. The molecule has 0 saturated carbocycles. The molecule has 2 atom stereocenters. The summed E-state index contributed by atoms with van der Waals surface area (Å²) in [6.07, 6.45) is 2.97. The van der Waals surface area contributed by atoms with Crippen molar-refractivity contribution in [1.29, 1.82) is 0 Å². The first kappa shape index (κ1) is 18.2. The zero-order valence-electron chi connectivity index (χ0n) is 15.6. The van der Waals surface area contributed by atoms with Gasteiger partial charge in [0.1, 0.15) is 22.6 Å². The molecule has 3 heterocycles. The van der Waals surface area contributed by atoms with Crippen LogP contribution in [0.5, 0.6) is 5.75 Å². The topological polar surface area (TPSA) is 72.2 Å². The van der Waals surface area contributed by atoms with Crippen LogP contribution in [-0.4, -0.2) is 38.1 Å². The lowest BCUT2D eigenvalue weighted by Gasteiger charge is -2.42. The van der Waals surface area contributed by atoms with Gasteiger partial charge >= 0.3 is 0 Å². The molecular formula is C20H23ClN4O2. The molecule has 0 amide bonds. The van der Waals surface area contributed by atoms with Gasteiger partial charge in [-0.15, -0.1) is 0 Å². The van der Waals surface area contributed by atoms with E-state index in [9.17, 15) is 5.11 Å². The molecule has 4 rings (SSSR count). The summed E-state index contributed by atoms with van der Waals surface area (Å²) in [6, 6.07) is 7.43. The number of rotatable bonds is 4. The van der Waals surface area contributed by atoms with Crippen molar-refractivity contribution in [3.05, 3.63) is 52.9 Å². The zero-order valence-corrected chi connectivity index (χ0v) is 16.4. The first-order chi connectivity index (χ1) is 12.8. The fourth-order valence-corrected chi connectivity index (χ4v) is 3.89. The Labute approximate surface area is 163 Å². The molecule has 142 valence electrons. The summed E-state index contributed by atoms with van der Waals surface area (Å²) >= 11 is 6.14. The molecule has 0 radical (unpaired) electrons. The first-order valence-electron chi connectivity index (χ1n) is 9.04. The van der Waals surface area contributed by atoms with Crippen LogP contribution in [0.4, 0.5) is 0 Å². The minimum atomic E-state index is -0.711. The minimum Gasteiger partial charge on any atom is -0.485 e. The third kappa shape index (κ3) is 3.40. The number of hydrogen-bond donors (Lipinski definition) is 2. The highest BCUT2D eigenvalue weighted by molar-refractivity contribution is 6.29. The van der Waals surface area contributed by atoms with Crippen LogP contribution in [0.1, 0.15) is 31.0 Å². The second-order valence-electron chi connectivity index (χ2n) is 7.52. The number of nitrogens with one attached hydrogen (secondary N) is 1. The average molecular weight is 387 g/mol. The number of fused-ring (bicyclic) bond motifs is 2. The molecule has 3 aromatic rings. The number of halogens is 1. The molecule has 0 fully saturated rings. The molecule has 0 unspecified atom stereocenters. The van der Waals surface area contributed by atoms with Crippen LogP contribution in [0.15, 0.2) is 36.7 Å². The monoisotopic (exact) mass is 386 g/mol. The predicted molar refractivity (Wildman–Crippen MR) is 105 cm³/mol. The van der Waals surface area contributed by atoms with Gasteiger partial charge in [0.15, 0.2) is 0 Å². The minimum absolute atomic E-state index is 0.273. The standard InChI is InChI=1S/C20H23ClN4O2/c1-12-9-17(21)24-15-10-14-16(11-13(12)15)27-20(2,3)19(26)18(14)22-6-8-25-7-4-5-23-25/h4-5,7,9-11,18-19,22,26H,6,8H2,1-3H3/t18-,19+/m0/s1. The van der Waals surface area contributed by atoms with Gasteiger partial charge < -0.3 is 15.2 Å². The molecule has 0 spiro atoms. The highest BCUT2D eigenvalue weighted by Gasteiger charge is 2.42. The van der Waals surface area contributed by atoms with Crippen LogP contribution in [0.3, 0.4) is 0 Å². The maximum atomic E-state index is 10.9. The molecule has 6 nitrogen and oxygen atoms in total. The summed E-state index contributed by atoms with van der Waals surface area (Å²) < 4.78 is 8.00. The smallest absolute Gasteiger partial charge is 0.131 e. The quantitative estimate of drug-likeness (QED) is 0.673. The van der Waals surface area contributed by atoms with Gasteiger partial charge in [0.2, 0.25) is 0 Å². The van der Waals surface area contributed by atoms with E-state index in [1.54, 1.807) is 6.20 Å². The van der Waals surface area contributed by atoms with Crippen molar-refractivity contribution in [2.75, 3.05) is 6.54 Å². The van der Waals surface area contributed by atoms with Gasteiger partial charge in [-0.3, -0.25) is 4.68 Å². The summed E-state index contributed by atoms with van der Waals surface area (Å²) in [6.45, 7) is 7.19. The van der Waals surface area contributed by atoms with Gasteiger partial charge in [-0.05, 0) is 50.6 Å². The number of aliphatic hydroxyl groups excluding tert-OH is 1. The van der Waals surface area contributed by atoms with E-state index < -0.39 is 11.7 Å².